The summed E-state index contributed by atoms with van der Waals surface area (Å²) in [5, 5.41) is 14.6. The first-order chi connectivity index (χ1) is 15.7. The van der Waals surface area contributed by atoms with Crippen molar-refractivity contribution in [3.63, 3.8) is 0 Å². The van der Waals surface area contributed by atoms with Crippen LogP contribution in [0.15, 0.2) is 30.3 Å². The Kier molecular flexibility index (Phi) is 11.9. The number of carbonyl (C=O) groups is 5. The van der Waals surface area contributed by atoms with Gasteiger partial charge in [0.15, 0.2) is 0 Å². The maximum atomic E-state index is 12.3. The van der Waals surface area contributed by atoms with Gasteiger partial charge in [0.1, 0.15) is 12.6 Å². The van der Waals surface area contributed by atoms with Crippen LogP contribution in [-0.4, -0.2) is 75.0 Å². The minimum absolute atomic E-state index is 0.0270. The maximum Gasteiger partial charge on any atom is 0.407 e. The number of alkyl carbamates (subject to hydrolysis) is 1. The Hall–Kier alpha value is -3.67. The summed E-state index contributed by atoms with van der Waals surface area (Å²) >= 11 is 0. The van der Waals surface area contributed by atoms with Crippen LogP contribution in [0.4, 0.5) is 4.79 Å². The summed E-state index contributed by atoms with van der Waals surface area (Å²) in [4.78, 5) is 59.9. The number of carbonyl (C=O) groups excluding carboxylic acids is 5. The van der Waals surface area contributed by atoms with Crippen molar-refractivity contribution >= 4 is 29.9 Å². The molecule has 182 valence electrons. The van der Waals surface area contributed by atoms with Gasteiger partial charge in [0.2, 0.25) is 5.91 Å². The van der Waals surface area contributed by atoms with Crippen molar-refractivity contribution in [2.75, 3.05) is 27.9 Å². The third kappa shape index (κ3) is 9.99. The Morgan fingerprint density at radius 3 is 2.12 bits per heavy atom. The smallest absolute Gasteiger partial charge is 0.407 e. The Labute approximate surface area is 190 Å². The summed E-state index contributed by atoms with van der Waals surface area (Å²) in [6.45, 7) is -0.286. The zero-order valence-corrected chi connectivity index (χ0v) is 18.6. The molecule has 0 aromatic heterocycles. The lowest BCUT2D eigenvalue weighted by atomic mass is 9.95. The van der Waals surface area contributed by atoms with E-state index in [0.717, 1.165) is 26.9 Å². The quantitative estimate of drug-likeness (QED) is 0.273. The van der Waals surface area contributed by atoms with Gasteiger partial charge in [-0.05, 0) is 5.56 Å². The summed E-state index contributed by atoms with van der Waals surface area (Å²) in [5.74, 6) is -5.01. The lowest BCUT2D eigenvalue weighted by Crippen LogP contribution is -2.51. The van der Waals surface area contributed by atoms with E-state index in [1.54, 1.807) is 24.3 Å². The number of methoxy groups -OCH3 is 3. The predicted molar refractivity (Wildman–Crippen MR) is 111 cm³/mol. The number of benzene rings is 1. The molecule has 12 nitrogen and oxygen atoms in total. The van der Waals surface area contributed by atoms with Gasteiger partial charge in [-0.15, -0.1) is 0 Å². The van der Waals surface area contributed by atoms with Gasteiger partial charge in [-0.3, -0.25) is 14.4 Å². The minimum atomic E-state index is -1.56. The second-order valence-corrected chi connectivity index (χ2v) is 6.78. The number of nitrogens with one attached hydrogen (secondary N) is 2. The van der Waals surface area contributed by atoms with E-state index in [0.29, 0.717) is 0 Å². The van der Waals surface area contributed by atoms with Gasteiger partial charge >= 0.3 is 24.0 Å². The van der Waals surface area contributed by atoms with Crippen molar-refractivity contribution < 1.29 is 48.0 Å². The predicted octanol–water partition coefficient (Wildman–Crippen LogP) is -0.326. The number of amides is 2. The molecule has 1 rings (SSSR count). The van der Waals surface area contributed by atoms with E-state index in [-0.39, 0.29) is 13.2 Å². The third-order valence-electron chi connectivity index (χ3n) is 4.41. The molecule has 0 aliphatic rings. The normalized spacial score (nSPS) is 13.0. The first kappa shape index (κ1) is 27.4. The van der Waals surface area contributed by atoms with Gasteiger partial charge in [-0.2, -0.15) is 0 Å². The van der Waals surface area contributed by atoms with E-state index < -0.39 is 60.8 Å². The molecule has 0 saturated heterocycles. The fraction of sp³-hybridized carbons (Fsp3) is 0.476. The van der Waals surface area contributed by atoms with Crippen molar-refractivity contribution in [3.8, 4) is 0 Å². The Morgan fingerprint density at radius 2 is 1.55 bits per heavy atom. The largest absolute Gasteiger partial charge is 0.469 e. The lowest BCUT2D eigenvalue weighted by molar-refractivity contribution is -0.159. The van der Waals surface area contributed by atoms with E-state index in [9.17, 15) is 29.1 Å². The van der Waals surface area contributed by atoms with Crippen molar-refractivity contribution in [1.82, 2.24) is 10.6 Å². The van der Waals surface area contributed by atoms with Crippen molar-refractivity contribution in [2.24, 2.45) is 5.92 Å². The van der Waals surface area contributed by atoms with Crippen LogP contribution in [0.25, 0.3) is 0 Å². The van der Waals surface area contributed by atoms with Crippen LogP contribution in [0.3, 0.4) is 0 Å². The second kappa shape index (κ2) is 14.4. The fourth-order valence-corrected chi connectivity index (χ4v) is 2.70. The Balaban J connectivity index is 2.62. The van der Waals surface area contributed by atoms with Crippen LogP contribution >= 0.6 is 0 Å². The van der Waals surface area contributed by atoms with Gasteiger partial charge in [-0.1, -0.05) is 30.3 Å². The molecule has 1 aromatic rings. The highest BCUT2D eigenvalue weighted by Crippen LogP contribution is 2.15. The monoisotopic (exact) mass is 468 g/mol. The van der Waals surface area contributed by atoms with Crippen molar-refractivity contribution in [3.05, 3.63) is 35.9 Å². The van der Waals surface area contributed by atoms with Crippen LogP contribution in [0.5, 0.6) is 0 Å². The molecule has 33 heavy (non-hydrogen) atoms. The molecule has 0 unspecified atom stereocenters. The molecule has 0 spiro atoms. The first-order valence-electron chi connectivity index (χ1n) is 9.86. The average molecular weight is 468 g/mol. The van der Waals surface area contributed by atoms with E-state index in [4.69, 9.17) is 4.74 Å². The van der Waals surface area contributed by atoms with Gasteiger partial charge in [0.25, 0.3) is 0 Å². The van der Waals surface area contributed by atoms with Crippen molar-refractivity contribution in [1.29, 1.82) is 0 Å². The van der Waals surface area contributed by atoms with Gasteiger partial charge in [0, 0.05) is 6.54 Å². The standard InChI is InChI=1S/C21H28N2O10/c1-30-17(26)10-15(19(27)31-2)18(20(28)32-3)23-16(25)9-14(24)11-22-21(29)33-12-13-7-5-4-6-8-13/h4-8,14-15,18,24H,9-12H2,1-3H3,(H,22,29)(H,23,25)/t14-,15-,18-/m1/s1. The highest BCUT2D eigenvalue weighted by atomic mass is 16.6. The number of hydrogen-bond acceptors (Lipinski definition) is 10. The lowest BCUT2D eigenvalue weighted by Gasteiger charge is -2.24. The topological polar surface area (TPSA) is 167 Å². The highest BCUT2D eigenvalue weighted by Gasteiger charge is 2.38. The summed E-state index contributed by atoms with van der Waals surface area (Å²) in [7, 11) is 3.18. The molecule has 2 amide bonds. The molecule has 0 saturated carbocycles. The molecular formula is C21H28N2O10. The zero-order valence-electron chi connectivity index (χ0n) is 18.6. The second-order valence-electron chi connectivity index (χ2n) is 6.78. The molecule has 0 bridgehead atoms. The minimum Gasteiger partial charge on any atom is -0.469 e. The van der Waals surface area contributed by atoms with E-state index in [1.165, 1.54) is 0 Å². The van der Waals surface area contributed by atoms with E-state index in [2.05, 4.69) is 24.8 Å². The third-order valence-corrected chi connectivity index (χ3v) is 4.41. The van der Waals surface area contributed by atoms with Gasteiger partial charge in [-0.25, -0.2) is 9.59 Å². The van der Waals surface area contributed by atoms with E-state index in [1.807, 2.05) is 6.07 Å². The zero-order chi connectivity index (χ0) is 24.8. The molecule has 0 fully saturated rings. The van der Waals surface area contributed by atoms with Gasteiger partial charge in [0.05, 0.1) is 46.2 Å². The van der Waals surface area contributed by atoms with Crippen molar-refractivity contribution in [2.45, 2.75) is 31.6 Å². The fourth-order valence-electron chi connectivity index (χ4n) is 2.70. The maximum absolute atomic E-state index is 12.3. The van der Waals surface area contributed by atoms with Crippen LogP contribution in [0.1, 0.15) is 18.4 Å². The number of esters is 3. The number of rotatable bonds is 12. The number of aliphatic hydroxyl groups excluding tert-OH is 1. The molecule has 0 radical (unpaired) electrons. The molecule has 0 heterocycles. The van der Waals surface area contributed by atoms with E-state index >= 15 is 0 Å². The van der Waals surface area contributed by atoms with Crippen LogP contribution in [0, 0.1) is 5.92 Å². The molecular weight excluding hydrogens is 440 g/mol. The first-order valence-corrected chi connectivity index (χ1v) is 9.86. The van der Waals surface area contributed by atoms with Crippen LogP contribution in [-0.2, 0) is 44.7 Å². The number of ether oxygens (including phenoxy) is 4. The summed E-state index contributed by atoms with van der Waals surface area (Å²) in [6.07, 6.45) is -3.21. The number of aliphatic hydroxyl groups is 1. The summed E-state index contributed by atoms with van der Waals surface area (Å²) in [5.41, 5.74) is 0.772. The van der Waals surface area contributed by atoms with Crippen LogP contribution in [0.2, 0.25) is 0 Å². The molecule has 3 N–H and O–H groups in total. The van der Waals surface area contributed by atoms with Crippen LogP contribution < -0.4 is 10.6 Å². The Bertz CT molecular complexity index is 815. The molecule has 0 aliphatic carbocycles. The summed E-state index contributed by atoms with van der Waals surface area (Å²) in [6, 6.07) is 7.37. The molecule has 0 aliphatic heterocycles. The average Bonchev–Trinajstić information content (AvgIpc) is 2.82. The summed E-state index contributed by atoms with van der Waals surface area (Å²) < 4.78 is 18.7. The van der Waals surface area contributed by atoms with Gasteiger partial charge < -0.3 is 34.7 Å². The highest BCUT2D eigenvalue weighted by molar-refractivity contribution is 5.91. The molecule has 1 aromatic carbocycles. The SMILES string of the molecule is COC(=O)C[C@@H](C(=O)OC)[C@@H](NC(=O)C[C@@H](O)CNC(=O)OCc1ccccc1)C(=O)OC. The number of hydrogen-bond donors (Lipinski definition) is 3. The molecule has 3 atom stereocenters. The molecule has 12 heteroatoms. The Morgan fingerprint density at radius 1 is 0.909 bits per heavy atom.